The van der Waals surface area contributed by atoms with E-state index >= 15 is 0 Å². The molecule has 1 aromatic heterocycles. The van der Waals surface area contributed by atoms with Gasteiger partial charge >= 0.3 is 12.1 Å². The molecule has 1 aliphatic rings. The number of rotatable bonds is 13. The number of imide groups is 1. The summed E-state index contributed by atoms with van der Waals surface area (Å²) in [5, 5.41) is 9.07. The van der Waals surface area contributed by atoms with Crippen LogP contribution < -0.4 is 0 Å². The minimum absolute atomic E-state index is 0.101. The lowest BCUT2D eigenvalue weighted by Gasteiger charge is -2.27. The number of aliphatic hydroxyl groups excluding tert-OH is 1. The maximum absolute atomic E-state index is 13.8. The fourth-order valence-corrected chi connectivity index (χ4v) is 5.09. The van der Waals surface area contributed by atoms with Gasteiger partial charge in [-0.3, -0.25) is 9.59 Å². The van der Waals surface area contributed by atoms with Crippen LogP contribution in [0.3, 0.4) is 0 Å². The van der Waals surface area contributed by atoms with Crippen molar-refractivity contribution in [2.24, 2.45) is 5.92 Å². The first kappa shape index (κ1) is 29.1. The second-order valence-electron chi connectivity index (χ2n) is 10.2. The number of carbonyl (C=O) groups excluding carboxylic acids is 3. The van der Waals surface area contributed by atoms with Gasteiger partial charge in [0.2, 0.25) is 5.91 Å². The van der Waals surface area contributed by atoms with E-state index in [9.17, 15) is 14.4 Å². The predicted octanol–water partition coefficient (Wildman–Crippen LogP) is 5.87. The van der Waals surface area contributed by atoms with Crippen molar-refractivity contribution in [1.29, 1.82) is 0 Å². The topological polar surface area (TPSA) is 106 Å². The number of cyclic esters (lactones) is 1. The number of benzene rings is 2. The van der Waals surface area contributed by atoms with Crippen LogP contribution in [0.5, 0.6) is 0 Å². The van der Waals surface area contributed by atoms with Crippen LogP contribution in [-0.2, 0) is 31.9 Å². The molecule has 0 saturated carbocycles. The molecule has 0 unspecified atom stereocenters. The van der Waals surface area contributed by atoms with Crippen molar-refractivity contribution in [3.8, 4) is 11.1 Å². The lowest BCUT2D eigenvalue weighted by molar-refractivity contribution is -0.154. The Hall–Kier alpha value is -3.91. The molecule has 2 heterocycles. The van der Waals surface area contributed by atoms with E-state index in [1.165, 1.54) is 6.92 Å². The van der Waals surface area contributed by atoms with E-state index in [0.29, 0.717) is 18.6 Å². The number of carbonyl (C=O) groups is 3. The van der Waals surface area contributed by atoms with Crippen LogP contribution in [0.1, 0.15) is 62.7 Å². The molecule has 4 rings (SSSR count). The third-order valence-electron chi connectivity index (χ3n) is 7.15. The Kier molecular flexibility index (Phi) is 10.1. The molecule has 8 heteroatoms. The summed E-state index contributed by atoms with van der Waals surface area (Å²) < 4.78 is 17.2. The van der Waals surface area contributed by atoms with Crippen molar-refractivity contribution in [2.45, 2.75) is 64.5 Å². The molecule has 40 heavy (non-hydrogen) atoms. The summed E-state index contributed by atoms with van der Waals surface area (Å²) in [6, 6.07) is 20.7. The summed E-state index contributed by atoms with van der Waals surface area (Å²) in [6.45, 7) is 3.20. The first-order chi connectivity index (χ1) is 19.4. The van der Waals surface area contributed by atoms with Gasteiger partial charge in [-0.2, -0.15) is 0 Å². The highest BCUT2D eigenvalue weighted by Gasteiger charge is 2.43. The van der Waals surface area contributed by atoms with Crippen LogP contribution in [0.25, 0.3) is 11.1 Å². The van der Waals surface area contributed by atoms with Gasteiger partial charge in [0.25, 0.3) is 0 Å². The largest absolute Gasteiger partial charge is 0.461 e. The van der Waals surface area contributed by atoms with Gasteiger partial charge in [-0.25, -0.2) is 9.69 Å². The van der Waals surface area contributed by atoms with Crippen molar-refractivity contribution in [3.05, 3.63) is 83.8 Å². The number of unbranched alkanes of at least 4 members (excludes halogenated alkanes) is 3. The molecule has 1 N–H and O–H groups in total. The zero-order valence-corrected chi connectivity index (χ0v) is 23.1. The average molecular weight is 548 g/mol. The standard InChI is InChI=1S/C32H37NO7/c1-22(31(36)33-26(21-38-32(33)37)19-24-13-7-5-8-14-24)30(39-23(2)35)29-20-27(25-15-9-6-10-16-25)28(40-29)17-11-3-4-12-18-34/h5-10,13-16,20,22,26,30,34H,3-4,11-12,17-19,21H2,1-2H3/t22-,26-,30-/m0/s1. The molecule has 3 atom stereocenters. The molecule has 0 radical (unpaired) electrons. The molecule has 8 nitrogen and oxygen atoms in total. The maximum Gasteiger partial charge on any atom is 0.416 e. The van der Waals surface area contributed by atoms with E-state index in [2.05, 4.69) is 0 Å². The number of hydrogen-bond acceptors (Lipinski definition) is 7. The summed E-state index contributed by atoms with van der Waals surface area (Å²) in [7, 11) is 0. The molecular weight excluding hydrogens is 510 g/mol. The summed E-state index contributed by atoms with van der Waals surface area (Å²) in [6.07, 6.45) is 2.86. The van der Waals surface area contributed by atoms with E-state index in [0.717, 1.165) is 53.0 Å². The van der Waals surface area contributed by atoms with Gasteiger partial charge < -0.3 is 19.0 Å². The Balaban J connectivity index is 1.60. The molecular formula is C32H37NO7. The molecule has 2 aromatic carbocycles. The number of furan rings is 1. The Morgan fingerprint density at radius 1 is 1.02 bits per heavy atom. The summed E-state index contributed by atoms with van der Waals surface area (Å²) in [5.41, 5.74) is 2.81. The summed E-state index contributed by atoms with van der Waals surface area (Å²) in [4.78, 5) is 39.8. The Bertz CT molecular complexity index is 1270. The second-order valence-corrected chi connectivity index (χ2v) is 10.2. The summed E-state index contributed by atoms with van der Waals surface area (Å²) >= 11 is 0. The summed E-state index contributed by atoms with van der Waals surface area (Å²) in [5.74, 6) is -0.854. The van der Waals surface area contributed by atoms with Gasteiger partial charge in [0.05, 0.1) is 12.0 Å². The fourth-order valence-electron chi connectivity index (χ4n) is 5.09. The lowest BCUT2D eigenvalue weighted by atomic mass is 9.97. The highest BCUT2D eigenvalue weighted by atomic mass is 16.6. The van der Waals surface area contributed by atoms with Crippen molar-refractivity contribution in [2.75, 3.05) is 13.2 Å². The van der Waals surface area contributed by atoms with E-state index in [4.69, 9.17) is 19.0 Å². The lowest BCUT2D eigenvalue weighted by Crippen LogP contribution is -2.44. The van der Waals surface area contributed by atoms with Gasteiger partial charge in [-0.05, 0) is 43.4 Å². The third kappa shape index (κ3) is 7.18. The normalized spacial score (nSPS) is 16.4. The van der Waals surface area contributed by atoms with Gasteiger partial charge in [0.15, 0.2) is 6.10 Å². The number of aliphatic hydroxyl groups is 1. The minimum Gasteiger partial charge on any atom is -0.461 e. The number of aryl methyl sites for hydroxylation is 1. The van der Waals surface area contributed by atoms with Crippen LogP contribution in [-0.4, -0.2) is 47.2 Å². The molecule has 0 bridgehead atoms. The highest BCUT2D eigenvalue weighted by molar-refractivity contribution is 5.95. The van der Waals surface area contributed by atoms with Crippen molar-refractivity contribution >= 4 is 18.0 Å². The van der Waals surface area contributed by atoms with E-state index in [-0.39, 0.29) is 13.2 Å². The molecule has 212 valence electrons. The molecule has 2 amide bonds. The molecule has 1 aliphatic heterocycles. The van der Waals surface area contributed by atoms with Crippen LogP contribution >= 0.6 is 0 Å². The Morgan fingerprint density at radius 2 is 1.70 bits per heavy atom. The number of nitrogens with zero attached hydrogens (tertiary/aromatic N) is 1. The van der Waals surface area contributed by atoms with Gasteiger partial charge in [-0.15, -0.1) is 0 Å². The van der Waals surface area contributed by atoms with Gasteiger partial charge in [0, 0.05) is 25.5 Å². The van der Waals surface area contributed by atoms with E-state index in [1.807, 2.05) is 66.7 Å². The zero-order chi connectivity index (χ0) is 28.5. The predicted molar refractivity (Wildman–Crippen MR) is 149 cm³/mol. The maximum atomic E-state index is 13.8. The fraction of sp³-hybridized carbons (Fsp3) is 0.406. The van der Waals surface area contributed by atoms with E-state index in [1.54, 1.807) is 6.92 Å². The highest BCUT2D eigenvalue weighted by Crippen LogP contribution is 2.37. The SMILES string of the molecule is CC(=O)O[C@H](c1cc(-c2ccccc2)c(CCCCCCO)o1)[C@H](C)C(=O)N1C(=O)OC[C@@H]1Cc1ccccc1. The third-order valence-corrected chi connectivity index (χ3v) is 7.15. The number of amides is 2. The quantitative estimate of drug-likeness (QED) is 0.211. The average Bonchev–Trinajstić information content (AvgIpc) is 3.55. The molecule has 3 aromatic rings. The van der Waals surface area contributed by atoms with Crippen LogP contribution in [0.2, 0.25) is 0 Å². The van der Waals surface area contributed by atoms with Gasteiger partial charge in [0.1, 0.15) is 18.1 Å². The smallest absolute Gasteiger partial charge is 0.416 e. The van der Waals surface area contributed by atoms with Crippen molar-refractivity contribution < 1.29 is 33.4 Å². The molecule has 0 spiro atoms. The number of hydrogen-bond donors (Lipinski definition) is 1. The Labute approximate surface area is 234 Å². The van der Waals surface area contributed by atoms with Crippen LogP contribution in [0, 0.1) is 5.92 Å². The number of esters is 1. The Morgan fingerprint density at radius 3 is 2.38 bits per heavy atom. The van der Waals surface area contributed by atoms with Crippen LogP contribution in [0.15, 0.2) is 71.1 Å². The zero-order valence-electron chi connectivity index (χ0n) is 23.1. The van der Waals surface area contributed by atoms with Crippen LogP contribution in [0.4, 0.5) is 4.79 Å². The first-order valence-electron chi connectivity index (χ1n) is 13.9. The first-order valence-corrected chi connectivity index (χ1v) is 13.9. The van der Waals surface area contributed by atoms with Crippen molar-refractivity contribution in [3.63, 3.8) is 0 Å². The van der Waals surface area contributed by atoms with E-state index < -0.39 is 36.0 Å². The molecule has 1 fully saturated rings. The van der Waals surface area contributed by atoms with Crippen molar-refractivity contribution in [1.82, 2.24) is 4.90 Å². The molecule has 0 aliphatic carbocycles. The molecule has 1 saturated heterocycles. The second kappa shape index (κ2) is 13.9. The number of ether oxygens (including phenoxy) is 2. The van der Waals surface area contributed by atoms with Gasteiger partial charge in [-0.1, -0.05) is 73.5 Å². The minimum atomic E-state index is -1.03. The monoisotopic (exact) mass is 547 g/mol.